The summed E-state index contributed by atoms with van der Waals surface area (Å²) in [6.07, 6.45) is -4.41. The Hall–Kier alpha value is -2.24. The van der Waals surface area contributed by atoms with Gasteiger partial charge in [0.15, 0.2) is 0 Å². The Kier molecular flexibility index (Phi) is 4.30. The molecule has 0 saturated heterocycles. The van der Waals surface area contributed by atoms with Gasteiger partial charge in [0.05, 0.1) is 12.7 Å². The minimum atomic E-state index is -4.41. The molecule has 0 spiro atoms. The Balaban J connectivity index is 2.58. The van der Waals surface area contributed by atoms with Crippen LogP contribution in [0.2, 0.25) is 0 Å². The summed E-state index contributed by atoms with van der Waals surface area (Å²) in [6.45, 7) is 3.70. The van der Waals surface area contributed by atoms with Gasteiger partial charge < -0.3 is 9.30 Å². The van der Waals surface area contributed by atoms with Crippen molar-refractivity contribution in [1.82, 2.24) is 4.57 Å². The van der Waals surface area contributed by atoms with Gasteiger partial charge in [-0.3, -0.25) is 0 Å². The number of rotatable bonds is 3. The van der Waals surface area contributed by atoms with Crippen molar-refractivity contribution >= 4 is 5.97 Å². The minimum absolute atomic E-state index is 0.103. The number of carbonyl (C=O) groups is 1. The summed E-state index contributed by atoms with van der Waals surface area (Å²) >= 11 is 0. The van der Waals surface area contributed by atoms with Gasteiger partial charge in [-0.05, 0) is 43.7 Å². The zero-order valence-corrected chi connectivity index (χ0v) is 12.4. The Morgan fingerprint density at radius 2 is 1.86 bits per heavy atom. The molecule has 118 valence electrons. The maximum absolute atomic E-state index is 12.8. The molecular weight excluding hydrogens is 295 g/mol. The average Bonchev–Trinajstić information content (AvgIpc) is 2.90. The third-order valence-corrected chi connectivity index (χ3v) is 3.31. The first-order valence-corrected chi connectivity index (χ1v) is 6.73. The number of methoxy groups -OCH3 is 1. The number of ether oxygens (including phenoxy) is 1. The van der Waals surface area contributed by atoms with E-state index in [2.05, 4.69) is 0 Å². The van der Waals surface area contributed by atoms with Crippen molar-refractivity contribution in [3.05, 3.63) is 47.7 Å². The van der Waals surface area contributed by atoms with Crippen molar-refractivity contribution in [2.75, 3.05) is 7.11 Å². The molecule has 1 aromatic carbocycles. The van der Waals surface area contributed by atoms with Gasteiger partial charge in [0.1, 0.15) is 5.69 Å². The van der Waals surface area contributed by atoms with Crippen molar-refractivity contribution < 1.29 is 22.7 Å². The molecule has 0 atom stereocenters. The lowest BCUT2D eigenvalue weighted by Crippen LogP contribution is -2.13. The fraction of sp³-hybridized carbons (Fsp3) is 0.312. The van der Waals surface area contributed by atoms with Crippen LogP contribution in [0.4, 0.5) is 13.2 Å². The number of carbonyl (C=O) groups excluding carboxylic acids is 1. The third kappa shape index (κ3) is 3.00. The second kappa shape index (κ2) is 5.87. The molecule has 1 heterocycles. The first kappa shape index (κ1) is 16.1. The molecule has 22 heavy (non-hydrogen) atoms. The summed E-state index contributed by atoms with van der Waals surface area (Å²) in [6, 6.07) is 8.12. The van der Waals surface area contributed by atoms with E-state index < -0.39 is 17.7 Å². The molecule has 3 nitrogen and oxygen atoms in total. The molecule has 0 saturated carbocycles. The standard InChI is InChI=1S/C16H16F3NO2/c1-10(2)20-13(7-8-14(20)15(21)22-3)11-5-4-6-12(9-11)16(17,18)19/h4-10H,1-3H3. The molecular formula is C16H16F3NO2. The number of alkyl halides is 3. The van der Waals surface area contributed by atoms with E-state index in [1.807, 2.05) is 13.8 Å². The normalized spacial score (nSPS) is 11.8. The van der Waals surface area contributed by atoms with Crippen molar-refractivity contribution in [2.45, 2.75) is 26.1 Å². The predicted molar refractivity (Wildman–Crippen MR) is 76.6 cm³/mol. The lowest BCUT2D eigenvalue weighted by molar-refractivity contribution is -0.137. The summed E-state index contributed by atoms with van der Waals surface area (Å²) in [5.41, 5.74) is 0.534. The summed E-state index contributed by atoms with van der Waals surface area (Å²) in [5, 5.41) is 0. The van der Waals surface area contributed by atoms with Gasteiger partial charge in [-0.2, -0.15) is 13.2 Å². The molecule has 0 bridgehead atoms. The topological polar surface area (TPSA) is 31.2 Å². The fourth-order valence-electron chi connectivity index (χ4n) is 2.37. The van der Waals surface area contributed by atoms with Gasteiger partial charge in [-0.25, -0.2) is 4.79 Å². The van der Waals surface area contributed by atoms with Gasteiger partial charge in [-0.15, -0.1) is 0 Å². The first-order chi connectivity index (χ1) is 10.3. The van der Waals surface area contributed by atoms with E-state index in [4.69, 9.17) is 4.74 Å². The van der Waals surface area contributed by atoms with Crippen molar-refractivity contribution in [1.29, 1.82) is 0 Å². The zero-order chi connectivity index (χ0) is 16.5. The van der Waals surface area contributed by atoms with Crippen LogP contribution in [0.5, 0.6) is 0 Å². The van der Waals surface area contributed by atoms with Crippen LogP contribution in [0.1, 0.15) is 35.9 Å². The van der Waals surface area contributed by atoms with E-state index in [0.717, 1.165) is 12.1 Å². The van der Waals surface area contributed by atoms with Crippen LogP contribution in [0.25, 0.3) is 11.3 Å². The molecule has 0 fully saturated rings. The number of aromatic nitrogens is 1. The Bertz CT molecular complexity index is 687. The monoisotopic (exact) mass is 311 g/mol. The number of esters is 1. The molecule has 0 aliphatic rings. The largest absolute Gasteiger partial charge is 0.464 e. The minimum Gasteiger partial charge on any atom is -0.464 e. The van der Waals surface area contributed by atoms with Crippen LogP contribution in [0, 0.1) is 0 Å². The summed E-state index contributed by atoms with van der Waals surface area (Å²) in [4.78, 5) is 11.8. The van der Waals surface area contributed by atoms with Crippen molar-refractivity contribution in [2.24, 2.45) is 0 Å². The van der Waals surface area contributed by atoms with Crippen LogP contribution in [0.15, 0.2) is 36.4 Å². The average molecular weight is 311 g/mol. The summed E-state index contributed by atoms with van der Waals surface area (Å²) in [5.74, 6) is -0.521. The van der Waals surface area contributed by atoms with Crippen molar-refractivity contribution in [3.8, 4) is 11.3 Å². The maximum Gasteiger partial charge on any atom is 0.416 e. The number of nitrogens with zero attached hydrogens (tertiary/aromatic N) is 1. The zero-order valence-electron chi connectivity index (χ0n) is 12.4. The SMILES string of the molecule is COC(=O)c1ccc(-c2cccc(C(F)(F)F)c2)n1C(C)C. The Labute approximate surface area is 126 Å². The second-order valence-electron chi connectivity index (χ2n) is 5.14. The number of benzene rings is 1. The Morgan fingerprint density at radius 1 is 1.18 bits per heavy atom. The highest BCUT2D eigenvalue weighted by molar-refractivity contribution is 5.89. The molecule has 0 N–H and O–H groups in total. The van der Waals surface area contributed by atoms with Crippen LogP contribution >= 0.6 is 0 Å². The number of hydrogen-bond donors (Lipinski definition) is 0. The highest BCUT2D eigenvalue weighted by Crippen LogP contribution is 2.33. The quantitative estimate of drug-likeness (QED) is 0.779. The molecule has 0 amide bonds. The van der Waals surface area contributed by atoms with E-state index in [1.165, 1.54) is 13.2 Å². The molecule has 6 heteroatoms. The Morgan fingerprint density at radius 3 is 2.41 bits per heavy atom. The fourth-order valence-corrected chi connectivity index (χ4v) is 2.37. The van der Waals surface area contributed by atoms with E-state index in [9.17, 15) is 18.0 Å². The van der Waals surface area contributed by atoms with E-state index >= 15 is 0 Å². The highest BCUT2D eigenvalue weighted by atomic mass is 19.4. The third-order valence-electron chi connectivity index (χ3n) is 3.31. The van der Waals surface area contributed by atoms with Gasteiger partial charge >= 0.3 is 12.1 Å². The number of halogens is 3. The van der Waals surface area contributed by atoms with Gasteiger partial charge in [0.2, 0.25) is 0 Å². The van der Waals surface area contributed by atoms with Crippen LogP contribution in [0.3, 0.4) is 0 Å². The van der Waals surface area contributed by atoms with Crippen molar-refractivity contribution in [3.63, 3.8) is 0 Å². The van der Waals surface area contributed by atoms with E-state index in [1.54, 1.807) is 22.8 Å². The molecule has 0 aliphatic heterocycles. The highest BCUT2D eigenvalue weighted by Gasteiger charge is 2.31. The lowest BCUT2D eigenvalue weighted by atomic mass is 10.1. The number of hydrogen-bond acceptors (Lipinski definition) is 2. The van der Waals surface area contributed by atoms with E-state index in [-0.39, 0.29) is 6.04 Å². The molecule has 0 unspecified atom stereocenters. The van der Waals surface area contributed by atoms with Gasteiger partial charge in [-0.1, -0.05) is 12.1 Å². The van der Waals surface area contributed by atoms with Crippen LogP contribution in [-0.2, 0) is 10.9 Å². The molecule has 2 aromatic rings. The van der Waals surface area contributed by atoms with Gasteiger partial charge in [0, 0.05) is 11.7 Å². The van der Waals surface area contributed by atoms with Crippen LogP contribution < -0.4 is 0 Å². The van der Waals surface area contributed by atoms with E-state index in [0.29, 0.717) is 17.0 Å². The molecule has 1 aromatic heterocycles. The first-order valence-electron chi connectivity index (χ1n) is 6.73. The maximum atomic E-state index is 12.8. The smallest absolute Gasteiger partial charge is 0.416 e. The summed E-state index contributed by atoms with van der Waals surface area (Å²) < 4.78 is 44.9. The summed E-state index contributed by atoms with van der Waals surface area (Å²) in [7, 11) is 1.27. The van der Waals surface area contributed by atoms with Crippen LogP contribution in [-0.4, -0.2) is 17.6 Å². The lowest BCUT2D eigenvalue weighted by Gasteiger charge is -2.17. The van der Waals surface area contributed by atoms with Gasteiger partial charge in [0.25, 0.3) is 0 Å². The molecule has 0 aliphatic carbocycles. The molecule has 0 radical (unpaired) electrons. The second-order valence-corrected chi connectivity index (χ2v) is 5.14. The molecule has 2 rings (SSSR count). The predicted octanol–water partition coefficient (Wildman–Crippen LogP) is 4.54.